The van der Waals surface area contributed by atoms with Gasteiger partial charge in [-0.15, -0.1) is 0 Å². The summed E-state index contributed by atoms with van der Waals surface area (Å²) in [5, 5.41) is 3.51. The number of rotatable bonds is 14. The number of nitrogens with one attached hydrogen (secondary N) is 1. The molecule has 0 saturated carbocycles. The summed E-state index contributed by atoms with van der Waals surface area (Å²) in [6, 6.07) is 9.27. The number of amides is 1. The molecule has 36 heavy (non-hydrogen) atoms. The lowest BCUT2D eigenvalue weighted by atomic mass is 10.1. The normalized spacial score (nSPS) is 11.5. The van der Waals surface area contributed by atoms with E-state index in [0.717, 1.165) is 86.3 Å². The van der Waals surface area contributed by atoms with Crippen molar-refractivity contribution >= 4 is 16.9 Å². The van der Waals surface area contributed by atoms with Crippen molar-refractivity contribution < 1.29 is 13.6 Å². The molecule has 0 saturated heterocycles. The van der Waals surface area contributed by atoms with Crippen molar-refractivity contribution in [2.24, 2.45) is 0 Å². The van der Waals surface area contributed by atoms with Gasteiger partial charge in [0.05, 0.1) is 23.1 Å². The van der Waals surface area contributed by atoms with Crippen molar-refractivity contribution in [1.82, 2.24) is 24.7 Å². The third-order valence-electron chi connectivity index (χ3n) is 6.44. The molecule has 2 aromatic carbocycles. The quantitative estimate of drug-likeness (QED) is 0.310. The summed E-state index contributed by atoms with van der Waals surface area (Å²) >= 11 is 0. The Balaban J connectivity index is 1.82. The molecule has 1 heterocycles. The van der Waals surface area contributed by atoms with Gasteiger partial charge in [-0.1, -0.05) is 33.8 Å². The van der Waals surface area contributed by atoms with Gasteiger partial charge in [0.2, 0.25) is 0 Å². The summed E-state index contributed by atoms with van der Waals surface area (Å²) in [5.74, 6) is -1.13. The van der Waals surface area contributed by atoms with Crippen molar-refractivity contribution in [3.8, 4) is 0 Å². The maximum absolute atomic E-state index is 14.3. The van der Waals surface area contributed by atoms with Crippen LogP contribution in [0.1, 0.15) is 62.3 Å². The molecule has 3 rings (SSSR count). The van der Waals surface area contributed by atoms with Crippen LogP contribution in [0.15, 0.2) is 36.4 Å². The summed E-state index contributed by atoms with van der Waals surface area (Å²) < 4.78 is 30.2. The van der Waals surface area contributed by atoms with Crippen molar-refractivity contribution in [1.29, 1.82) is 0 Å². The van der Waals surface area contributed by atoms with Crippen LogP contribution in [-0.4, -0.2) is 58.0 Å². The highest BCUT2D eigenvalue weighted by Gasteiger charge is 2.22. The number of aryl methyl sites for hydroxylation is 1. The van der Waals surface area contributed by atoms with Crippen molar-refractivity contribution in [3.63, 3.8) is 0 Å². The van der Waals surface area contributed by atoms with Gasteiger partial charge in [0.1, 0.15) is 17.5 Å². The van der Waals surface area contributed by atoms with Crippen molar-refractivity contribution in [3.05, 3.63) is 65.0 Å². The SMILES string of the molecule is CCCN(Cc1nc2cc(CNCCN(CC)CC)ccc2n1CCC)C(=O)c1cc(F)ccc1F. The van der Waals surface area contributed by atoms with Gasteiger partial charge in [0, 0.05) is 32.7 Å². The van der Waals surface area contributed by atoms with E-state index in [1.165, 1.54) is 0 Å². The second kappa shape index (κ2) is 13.5. The van der Waals surface area contributed by atoms with Crippen LogP contribution in [0.2, 0.25) is 0 Å². The van der Waals surface area contributed by atoms with Crippen LogP contribution in [0.5, 0.6) is 0 Å². The summed E-state index contributed by atoms with van der Waals surface area (Å²) in [6.45, 7) is 14.6. The Labute approximate surface area is 213 Å². The number of fused-ring (bicyclic) bond motifs is 1. The van der Waals surface area contributed by atoms with E-state index >= 15 is 0 Å². The second-order valence-electron chi connectivity index (χ2n) is 9.06. The molecule has 1 amide bonds. The molecule has 0 spiro atoms. The highest BCUT2D eigenvalue weighted by atomic mass is 19.1. The lowest BCUT2D eigenvalue weighted by Crippen LogP contribution is -2.33. The lowest BCUT2D eigenvalue weighted by Gasteiger charge is -2.23. The van der Waals surface area contributed by atoms with Gasteiger partial charge in [-0.25, -0.2) is 13.8 Å². The van der Waals surface area contributed by atoms with Crippen molar-refractivity contribution in [2.45, 2.75) is 60.2 Å². The summed E-state index contributed by atoms with van der Waals surface area (Å²) in [6.07, 6.45) is 1.60. The second-order valence-corrected chi connectivity index (χ2v) is 9.06. The molecule has 0 aliphatic heterocycles. The van der Waals surface area contributed by atoms with Crippen LogP contribution in [-0.2, 0) is 19.6 Å². The number of halogens is 2. The Morgan fingerprint density at radius 2 is 1.78 bits per heavy atom. The largest absolute Gasteiger partial charge is 0.331 e. The molecule has 1 aromatic heterocycles. The number of likely N-dealkylation sites (N-methyl/N-ethyl adjacent to an activating group) is 1. The molecule has 0 fully saturated rings. The molecule has 1 N–H and O–H groups in total. The standard InChI is InChI=1S/C28H39F2N5O/c1-5-14-34(28(36)23-18-22(29)10-11-24(23)30)20-27-32-25-17-21(9-12-26(25)35(27)15-6-2)19-31-13-16-33(7-3)8-4/h9-12,17-18,31H,5-8,13-16,19-20H2,1-4H3. The number of carbonyl (C=O) groups is 1. The fraction of sp³-hybridized carbons (Fsp3) is 0.500. The zero-order valence-electron chi connectivity index (χ0n) is 22.0. The van der Waals surface area contributed by atoms with E-state index in [-0.39, 0.29) is 12.1 Å². The maximum atomic E-state index is 14.3. The smallest absolute Gasteiger partial charge is 0.257 e. The van der Waals surface area contributed by atoms with E-state index in [2.05, 4.69) is 53.8 Å². The molecule has 196 valence electrons. The van der Waals surface area contributed by atoms with Gasteiger partial charge < -0.3 is 19.7 Å². The minimum absolute atomic E-state index is 0.231. The third kappa shape index (κ3) is 6.89. The Bertz CT molecular complexity index is 1140. The van der Waals surface area contributed by atoms with Crippen molar-refractivity contribution in [2.75, 3.05) is 32.7 Å². The fourth-order valence-electron chi connectivity index (χ4n) is 4.46. The topological polar surface area (TPSA) is 53.4 Å². The zero-order valence-corrected chi connectivity index (χ0v) is 22.0. The number of benzene rings is 2. The predicted molar refractivity (Wildman–Crippen MR) is 141 cm³/mol. The van der Waals surface area contributed by atoms with Crippen LogP contribution in [0.4, 0.5) is 8.78 Å². The van der Waals surface area contributed by atoms with Crippen LogP contribution in [0.3, 0.4) is 0 Å². The number of hydrogen-bond donors (Lipinski definition) is 1. The molecule has 8 heteroatoms. The van der Waals surface area contributed by atoms with E-state index in [1.54, 1.807) is 4.90 Å². The Morgan fingerprint density at radius 3 is 2.47 bits per heavy atom. The van der Waals surface area contributed by atoms with E-state index in [1.807, 2.05) is 6.92 Å². The highest BCUT2D eigenvalue weighted by molar-refractivity contribution is 5.94. The first-order chi connectivity index (χ1) is 17.4. The third-order valence-corrected chi connectivity index (χ3v) is 6.44. The average Bonchev–Trinajstić information content (AvgIpc) is 3.21. The molecule has 0 unspecified atom stereocenters. The number of nitrogens with zero attached hydrogens (tertiary/aromatic N) is 4. The van der Waals surface area contributed by atoms with Crippen LogP contribution < -0.4 is 5.32 Å². The summed E-state index contributed by atoms with van der Waals surface area (Å²) in [4.78, 5) is 22.0. The first-order valence-electron chi connectivity index (χ1n) is 13.1. The molecule has 0 radical (unpaired) electrons. The molecule has 3 aromatic rings. The zero-order chi connectivity index (χ0) is 26.1. The highest BCUT2D eigenvalue weighted by Crippen LogP contribution is 2.21. The average molecular weight is 500 g/mol. The fourth-order valence-corrected chi connectivity index (χ4v) is 4.46. The van der Waals surface area contributed by atoms with Crippen LogP contribution in [0.25, 0.3) is 11.0 Å². The van der Waals surface area contributed by atoms with Gasteiger partial charge in [-0.2, -0.15) is 0 Å². The van der Waals surface area contributed by atoms with Crippen LogP contribution in [0, 0.1) is 11.6 Å². The summed E-state index contributed by atoms with van der Waals surface area (Å²) in [5.41, 5.74) is 2.79. The molecule has 6 nitrogen and oxygen atoms in total. The Kier molecular flexibility index (Phi) is 10.4. The van der Waals surface area contributed by atoms with E-state index in [9.17, 15) is 13.6 Å². The maximum Gasteiger partial charge on any atom is 0.257 e. The molecule has 0 aliphatic rings. The first kappa shape index (κ1) is 27.7. The summed E-state index contributed by atoms with van der Waals surface area (Å²) in [7, 11) is 0. The molecule has 0 atom stereocenters. The van der Waals surface area contributed by atoms with Gasteiger partial charge in [0.15, 0.2) is 0 Å². The number of carbonyl (C=O) groups excluding carboxylic acids is 1. The minimum atomic E-state index is -0.720. The number of imidazole rings is 1. The van der Waals surface area contributed by atoms with Crippen LogP contribution >= 0.6 is 0 Å². The molecule has 0 bridgehead atoms. The predicted octanol–water partition coefficient (Wildman–Crippen LogP) is 5.21. The Morgan fingerprint density at radius 1 is 1.00 bits per heavy atom. The molecule has 0 aliphatic carbocycles. The monoisotopic (exact) mass is 499 g/mol. The van der Waals surface area contributed by atoms with E-state index in [0.29, 0.717) is 13.0 Å². The van der Waals surface area contributed by atoms with Gasteiger partial charge in [-0.05, 0) is 61.8 Å². The van der Waals surface area contributed by atoms with E-state index in [4.69, 9.17) is 4.98 Å². The van der Waals surface area contributed by atoms with Gasteiger partial charge in [0.25, 0.3) is 5.91 Å². The first-order valence-corrected chi connectivity index (χ1v) is 13.1. The van der Waals surface area contributed by atoms with Gasteiger partial charge in [-0.3, -0.25) is 4.79 Å². The number of aromatic nitrogens is 2. The number of hydrogen-bond acceptors (Lipinski definition) is 4. The Hall–Kier alpha value is -2.84. The molecular weight excluding hydrogens is 460 g/mol. The van der Waals surface area contributed by atoms with Gasteiger partial charge >= 0.3 is 0 Å². The minimum Gasteiger partial charge on any atom is -0.331 e. The van der Waals surface area contributed by atoms with E-state index < -0.39 is 17.5 Å². The lowest BCUT2D eigenvalue weighted by molar-refractivity contribution is 0.0732. The molecular formula is C28H39F2N5O.